The Kier molecular flexibility index (Phi) is 7.39. The lowest BCUT2D eigenvalue weighted by Crippen LogP contribution is -3.28. The molecule has 1 aromatic rings. The normalized spacial score (nSPS) is 27.8. The maximum atomic E-state index is 12.9. The zero-order valence-corrected chi connectivity index (χ0v) is 16.7. The summed E-state index contributed by atoms with van der Waals surface area (Å²) in [7, 11) is 0. The second-order valence-corrected chi connectivity index (χ2v) is 8.34. The summed E-state index contributed by atoms with van der Waals surface area (Å²) >= 11 is 0. The number of benzene rings is 1. The van der Waals surface area contributed by atoms with E-state index in [0.717, 1.165) is 32.6 Å². The number of rotatable bonds is 6. The van der Waals surface area contributed by atoms with Crippen LogP contribution in [0.5, 0.6) is 0 Å². The van der Waals surface area contributed by atoms with Crippen LogP contribution in [0.3, 0.4) is 0 Å². The van der Waals surface area contributed by atoms with Crippen LogP contribution in [0.2, 0.25) is 0 Å². The smallest absolute Gasteiger partial charge is 0.279 e. The number of carbonyl (C=O) groups is 2. The molecule has 1 aliphatic carbocycles. The van der Waals surface area contributed by atoms with Gasteiger partial charge in [-0.3, -0.25) is 9.59 Å². The van der Waals surface area contributed by atoms with Crippen LogP contribution in [-0.4, -0.2) is 57.1 Å². The number of hydrogen-bond acceptors (Lipinski definition) is 2. The highest BCUT2D eigenvalue weighted by Crippen LogP contribution is 2.23. The Bertz CT molecular complexity index is 659. The molecule has 2 atom stereocenters. The van der Waals surface area contributed by atoms with Crippen LogP contribution in [0.25, 0.3) is 0 Å². The molecule has 0 aromatic heterocycles. The van der Waals surface area contributed by atoms with Gasteiger partial charge in [0.25, 0.3) is 11.8 Å². The first kappa shape index (κ1) is 20.7. The monoisotopic (exact) mass is 392 g/mol. The fraction of sp³-hybridized carbons (Fsp3) is 0.619. The molecule has 1 saturated carbocycles. The van der Waals surface area contributed by atoms with Crippen molar-refractivity contribution in [1.29, 1.82) is 0 Å². The molecule has 2 amide bonds. The molecular formula is C21H33FN4O2+2. The topological polar surface area (TPSA) is 67.1 Å². The number of carbonyl (C=O) groups excluding carboxylic acids is 2. The molecule has 28 heavy (non-hydrogen) atoms. The van der Waals surface area contributed by atoms with E-state index in [0.29, 0.717) is 30.7 Å². The zero-order valence-electron chi connectivity index (χ0n) is 16.7. The molecule has 2 fully saturated rings. The summed E-state index contributed by atoms with van der Waals surface area (Å²) in [5, 5.41) is 6.05. The fourth-order valence-electron chi connectivity index (χ4n) is 4.29. The lowest BCUT2D eigenvalue weighted by molar-refractivity contribution is -1.00. The maximum absolute atomic E-state index is 12.9. The van der Waals surface area contributed by atoms with Crippen molar-refractivity contribution in [3.63, 3.8) is 0 Å². The average molecular weight is 393 g/mol. The van der Waals surface area contributed by atoms with Crippen LogP contribution in [0.4, 0.5) is 10.1 Å². The summed E-state index contributed by atoms with van der Waals surface area (Å²) < 4.78 is 12.9. The van der Waals surface area contributed by atoms with E-state index in [2.05, 4.69) is 17.6 Å². The molecule has 3 rings (SSSR count). The first-order chi connectivity index (χ1) is 13.5. The third-order valence-electron chi connectivity index (χ3n) is 6.07. The summed E-state index contributed by atoms with van der Waals surface area (Å²) in [4.78, 5) is 27.1. The van der Waals surface area contributed by atoms with Crippen LogP contribution in [0.15, 0.2) is 24.3 Å². The lowest BCUT2D eigenvalue weighted by Gasteiger charge is -2.31. The van der Waals surface area contributed by atoms with Crippen molar-refractivity contribution in [2.24, 2.45) is 5.92 Å². The standard InChI is InChI=1S/C21H31FN4O2/c1-16-4-2-3-5-19(16)24-21(28)15-26-12-10-25(11-13-26)14-20(27)23-18-8-6-17(22)7-9-18/h6-9,16,19H,2-5,10-15H2,1H3,(H,23,27)(H,24,28)/p+2/t16-,19+/m0/s1. The van der Waals surface area contributed by atoms with Gasteiger partial charge in [0.1, 0.15) is 32.0 Å². The van der Waals surface area contributed by atoms with Crippen LogP contribution in [-0.2, 0) is 9.59 Å². The van der Waals surface area contributed by atoms with Gasteiger partial charge in [0, 0.05) is 11.7 Å². The zero-order chi connectivity index (χ0) is 19.9. The van der Waals surface area contributed by atoms with E-state index in [1.807, 2.05) is 0 Å². The van der Waals surface area contributed by atoms with E-state index in [1.165, 1.54) is 41.2 Å². The first-order valence-corrected chi connectivity index (χ1v) is 10.5. The minimum absolute atomic E-state index is 0.0610. The Morgan fingerprint density at radius 1 is 0.964 bits per heavy atom. The quantitative estimate of drug-likeness (QED) is 0.514. The van der Waals surface area contributed by atoms with Crippen molar-refractivity contribution in [3.8, 4) is 0 Å². The highest BCUT2D eigenvalue weighted by molar-refractivity contribution is 5.91. The van der Waals surface area contributed by atoms with Crippen molar-refractivity contribution < 1.29 is 23.8 Å². The molecule has 0 bridgehead atoms. The van der Waals surface area contributed by atoms with Gasteiger partial charge in [-0.05, 0) is 43.0 Å². The predicted molar refractivity (Wildman–Crippen MR) is 106 cm³/mol. The van der Waals surface area contributed by atoms with Crippen molar-refractivity contribution in [2.75, 3.05) is 44.6 Å². The van der Waals surface area contributed by atoms with E-state index >= 15 is 0 Å². The Morgan fingerprint density at radius 3 is 2.14 bits per heavy atom. The van der Waals surface area contributed by atoms with E-state index in [9.17, 15) is 14.0 Å². The molecule has 0 spiro atoms. The summed E-state index contributed by atoms with van der Waals surface area (Å²) in [5.41, 5.74) is 0.615. The highest BCUT2D eigenvalue weighted by Gasteiger charge is 2.28. The predicted octanol–water partition coefficient (Wildman–Crippen LogP) is -0.757. The van der Waals surface area contributed by atoms with Gasteiger partial charge in [-0.25, -0.2) is 4.39 Å². The van der Waals surface area contributed by atoms with Crippen LogP contribution in [0, 0.1) is 11.7 Å². The third kappa shape index (κ3) is 6.27. The summed E-state index contributed by atoms with van der Waals surface area (Å²) in [6.45, 7) is 6.70. The van der Waals surface area contributed by atoms with Gasteiger partial charge in [-0.1, -0.05) is 19.8 Å². The Morgan fingerprint density at radius 2 is 1.54 bits per heavy atom. The van der Waals surface area contributed by atoms with Crippen LogP contribution in [0.1, 0.15) is 32.6 Å². The second-order valence-electron chi connectivity index (χ2n) is 8.34. The molecule has 7 heteroatoms. The fourth-order valence-corrected chi connectivity index (χ4v) is 4.29. The Balaban J connectivity index is 1.35. The summed E-state index contributed by atoms with van der Waals surface area (Å²) in [6, 6.07) is 6.14. The van der Waals surface area contributed by atoms with Crippen molar-refractivity contribution in [3.05, 3.63) is 30.1 Å². The van der Waals surface area contributed by atoms with Crippen LogP contribution < -0.4 is 20.4 Å². The molecule has 1 saturated heterocycles. The molecule has 154 valence electrons. The van der Waals surface area contributed by atoms with Gasteiger partial charge >= 0.3 is 0 Å². The lowest BCUT2D eigenvalue weighted by atomic mass is 9.86. The number of piperazine rings is 1. The maximum Gasteiger partial charge on any atom is 0.279 e. The van der Waals surface area contributed by atoms with E-state index in [4.69, 9.17) is 0 Å². The van der Waals surface area contributed by atoms with Crippen LogP contribution >= 0.6 is 0 Å². The van der Waals surface area contributed by atoms with Gasteiger partial charge in [0.05, 0.1) is 0 Å². The molecule has 4 N–H and O–H groups in total. The van der Waals surface area contributed by atoms with Gasteiger partial charge in [0.15, 0.2) is 13.1 Å². The average Bonchev–Trinajstić information content (AvgIpc) is 2.67. The SMILES string of the molecule is C[C@H]1CCCC[C@H]1NC(=O)C[NH+]1CC[NH+](CC(=O)Nc2ccc(F)cc2)CC1. The molecule has 2 aliphatic rings. The van der Waals surface area contributed by atoms with Gasteiger partial charge in [0.2, 0.25) is 0 Å². The first-order valence-electron chi connectivity index (χ1n) is 10.5. The number of nitrogens with one attached hydrogen (secondary N) is 4. The van der Waals surface area contributed by atoms with Gasteiger partial charge < -0.3 is 20.4 Å². The third-order valence-corrected chi connectivity index (χ3v) is 6.07. The molecular weight excluding hydrogens is 359 g/mol. The molecule has 1 aromatic carbocycles. The van der Waals surface area contributed by atoms with E-state index < -0.39 is 0 Å². The number of amides is 2. The van der Waals surface area contributed by atoms with Crippen molar-refractivity contribution >= 4 is 17.5 Å². The molecule has 0 unspecified atom stereocenters. The minimum atomic E-state index is -0.315. The number of quaternary nitrogens is 2. The summed E-state index contributed by atoms with van der Waals surface area (Å²) in [5.74, 6) is 0.360. The molecule has 6 nitrogen and oxygen atoms in total. The Labute approximate surface area is 166 Å². The highest BCUT2D eigenvalue weighted by atomic mass is 19.1. The number of anilines is 1. The molecule has 1 aliphatic heterocycles. The molecule has 0 radical (unpaired) electrons. The van der Waals surface area contributed by atoms with E-state index in [-0.39, 0.29) is 17.6 Å². The van der Waals surface area contributed by atoms with Gasteiger partial charge in [-0.2, -0.15) is 0 Å². The summed E-state index contributed by atoms with van der Waals surface area (Å²) in [6.07, 6.45) is 4.80. The number of halogens is 1. The largest absolute Gasteiger partial charge is 0.348 e. The van der Waals surface area contributed by atoms with E-state index in [1.54, 1.807) is 12.1 Å². The van der Waals surface area contributed by atoms with Gasteiger partial charge in [-0.15, -0.1) is 0 Å². The van der Waals surface area contributed by atoms with Crippen molar-refractivity contribution in [2.45, 2.75) is 38.6 Å². The second kappa shape index (κ2) is 9.98. The van der Waals surface area contributed by atoms with Crippen molar-refractivity contribution in [1.82, 2.24) is 5.32 Å². The number of hydrogen-bond donors (Lipinski definition) is 4. The Hall–Kier alpha value is -1.99. The molecule has 1 heterocycles. The minimum Gasteiger partial charge on any atom is -0.348 e.